The largest absolute Gasteiger partial charge is 0.381 e. The van der Waals surface area contributed by atoms with Gasteiger partial charge in [-0.25, -0.2) is 4.98 Å². The monoisotopic (exact) mass is 493 g/mol. The number of anilines is 1. The number of rotatable bonds is 5. The van der Waals surface area contributed by atoms with Crippen LogP contribution in [0.5, 0.6) is 0 Å². The molecule has 0 saturated carbocycles. The normalized spacial score (nSPS) is 18.1. The van der Waals surface area contributed by atoms with E-state index in [0.29, 0.717) is 25.3 Å². The van der Waals surface area contributed by atoms with Crippen LogP contribution in [0, 0.1) is 0 Å². The van der Waals surface area contributed by atoms with E-state index < -0.39 is 0 Å². The number of amides is 1. The Morgan fingerprint density at radius 1 is 1.06 bits per heavy atom. The van der Waals surface area contributed by atoms with Crippen molar-refractivity contribution in [3.8, 4) is 0 Å². The molecule has 166 valence electrons. The Labute approximate surface area is 197 Å². The average molecular weight is 494 g/mol. The fraction of sp³-hybridized carbons (Fsp3) is 0.385. The summed E-state index contributed by atoms with van der Waals surface area (Å²) in [6.45, 7) is 3.89. The number of aromatic nitrogens is 1. The second kappa shape index (κ2) is 9.20. The van der Waals surface area contributed by atoms with Crippen molar-refractivity contribution < 1.29 is 9.53 Å². The van der Waals surface area contributed by atoms with Gasteiger partial charge < -0.3 is 15.0 Å². The summed E-state index contributed by atoms with van der Waals surface area (Å²) in [5.74, 6) is 0.758. The van der Waals surface area contributed by atoms with Gasteiger partial charge in [-0.05, 0) is 55.5 Å². The lowest BCUT2D eigenvalue weighted by Crippen LogP contribution is -2.45. The highest BCUT2D eigenvalue weighted by Crippen LogP contribution is 2.36. The molecule has 1 aromatic heterocycles. The maximum Gasteiger partial charge on any atom is 0.255 e. The highest BCUT2D eigenvalue weighted by atomic mass is 79.9. The number of hydrogen-bond donors (Lipinski definition) is 1. The van der Waals surface area contributed by atoms with Gasteiger partial charge in [-0.2, -0.15) is 0 Å². The topological polar surface area (TPSA) is 54.5 Å². The first-order valence-electron chi connectivity index (χ1n) is 11.4. The smallest absolute Gasteiger partial charge is 0.255 e. The van der Waals surface area contributed by atoms with Crippen LogP contribution in [-0.4, -0.2) is 43.7 Å². The number of hydrogen-bond acceptors (Lipinski definition) is 4. The molecule has 2 aliphatic rings. The van der Waals surface area contributed by atoms with Gasteiger partial charge in [0.2, 0.25) is 0 Å². The van der Waals surface area contributed by atoms with Crippen LogP contribution in [0.4, 0.5) is 5.82 Å². The Morgan fingerprint density at radius 2 is 1.84 bits per heavy atom. The molecule has 2 fully saturated rings. The summed E-state index contributed by atoms with van der Waals surface area (Å²) in [6, 6.07) is 18.5. The molecule has 2 aliphatic heterocycles. The number of carbonyl (C=O) groups is 1. The van der Waals surface area contributed by atoms with Crippen molar-refractivity contribution in [2.24, 2.45) is 0 Å². The molecule has 0 bridgehead atoms. The molecule has 6 heteroatoms. The van der Waals surface area contributed by atoms with Gasteiger partial charge in [0.15, 0.2) is 0 Å². The first-order valence-corrected chi connectivity index (χ1v) is 12.2. The number of carbonyl (C=O) groups excluding carboxylic acids is 1. The summed E-state index contributed by atoms with van der Waals surface area (Å²) in [7, 11) is 0. The van der Waals surface area contributed by atoms with Crippen molar-refractivity contribution in [3.63, 3.8) is 0 Å². The summed E-state index contributed by atoms with van der Waals surface area (Å²) < 4.78 is 6.72. The van der Waals surface area contributed by atoms with Gasteiger partial charge in [-0.3, -0.25) is 4.79 Å². The maximum absolute atomic E-state index is 13.5. The molecule has 0 spiro atoms. The first kappa shape index (κ1) is 21.4. The van der Waals surface area contributed by atoms with Gasteiger partial charge in [0.05, 0.1) is 11.1 Å². The molecule has 3 heterocycles. The minimum Gasteiger partial charge on any atom is -0.381 e. The van der Waals surface area contributed by atoms with Crippen molar-refractivity contribution in [2.75, 3.05) is 37.7 Å². The van der Waals surface area contributed by atoms with E-state index in [1.807, 2.05) is 36.4 Å². The minimum absolute atomic E-state index is 0.0500. The zero-order chi connectivity index (χ0) is 22.0. The molecule has 0 radical (unpaired) electrons. The number of nitrogens with zero attached hydrogens (tertiary/aromatic N) is 2. The third-order valence-corrected chi connectivity index (χ3v) is 7.32. The summed E-state index contributed by atoms with van der Waals surface area (Å²) in [5, 5.41) is 4.27. The van der Waals surface area contributed by atoms with Crippen LogP contribution in [0.25, 0.3) is 10.9 Å². The van der Waals surface area contributed by atoms with Gasteiger partial charge in [-0.15, -0.1) is 0 Å². The van der Waals surface area contributed by atoms with Crippen LogP contribution in [0.1, 0.15) is 41.6 Å². The van der Waals surface area contributed by atoms with Crippen molar-refractivity contribution in [1.29, 1.82) is 0 Å². The van der Waals surface area contributed by atoms with Gasteiger partial charge in [0.1, 0.15) is 5.82 Å². The number of fused-ring (bicyclic) bond motifs is 1. The zero-order valence-corrected chi connectivity index (χ0v) is 19.7. The Bertz CT molecular complexity index is 1120. The number of ether oxygens (including phenoxy) is 1. The molecule has 0 unspecified atom stereocenters. The van der Waals surface area contributed by atoms with E-state index in [0.717, 1.165) is 60.0 Å². The van der Waals surface area contributed by atoms with E-state index >= 15 is 0 Å². The van der Waals surface area contributed by atoms with E-state index in [-0.39, 0.29) is 11.3 Å². The van der Waals surface area contributed by atoms with Gasteiger partial charge >= 0.3 is 0 Å². The molecule has 5 nitrogen and oxygen atoms in total. The second-order valence-corrected chi connectivity index (χ2v) is 9.75. The standard InChI is InChI=1S/C26H28BrN3O2/c27-21-8-5-7-20(17-21)26(10-14-32-15-11-26)18-28-25(31)22-16-19-6-1-2-9-23(19)29-24(22)30-12-3-4-13-30/h1-2,5-9,16-17H,3-4,10-15,18H2,(H,28,31). The molecular formula is C26H28BrN3O2. The third-order valence-electron chi connectivity index (χ3n) is 6.83. The van der Waals surface area contributed by atoms with E-state index in [2.05, 4.69) is 44.3 Å². The Morgan fingerprint density at radius 3 is 2.62 bits per heavy atom. The average Bonchev–Trinajstić information content (AvgIpc) is 3.37. The van der Waals surface area contributed by atoms with Crippen LogP contribution >= 0.6 is 15.9 Å². The summed E-state index contributed by atoms with van der Waals surface area (Å²) >= 11 is 3.61. The second-order valence-electron chi connectivity index (χ2n) is 8.83. The summed E-state index contributed by atoms with van der Waals surface area (Å²) in [6.07, 6.45) is 4.06. The molecule has 1 N–H and O–H groups in total. The third kappa shape index (κ3) is 4.26. The minimum atomic E-state index is -0.129. The molecule has 0 aliphatic carbocycles. The summed E-state index contributed by atoms with van der Waals surface area (Å²) in [5.41, 5.74) is 2.71. The molecule has 5 rings (SSSR count). The zero-order valence-electron chi connectivity index (χ0n) is 18.1. The van der Waals surface area contributed by atoms with Crippen LogP contribution in [0.3, 0.4) is 0 Å². The van der Waals surface area contributed by atoms with E-state index in [9.17, 15) is 4.79 Å². The SMILES string of the molecule is O=C(NCC1(c2cccc(Br)c2)CCOCC1)c1cc2ccccc2nc1N1CCCC1. The predicted octanol–water partition coefficient (Wildman–Crippen LogP) is 5.08. The van der Waals surface area contributed by atoms with Gasteiger partial charge in [-0.1, -0.05) is 46.3 Å². The van der Waals surface area contributed by atoms with Crippen molar-refractivity contribution in [1.82, 2.24) is 10.3 Å². The molecule has 0 atom stereocenters. The van der Waals surface area contributed by atoms with Crippen molar-refractivity contribution in [3.05, 3.63) is 70.2 Å². The molecule has 2 aromatic carbocycles. The van der Waals surface area contributed by atoms with E-state index in [1.54, 1.807) is 0 Å². The fourth-order valence-electron chi connectivity index (χ4n) is 4.94. The van der Waals surface area contributed by atoms with Crippen molar-refractivity contribution >= 4 is 38.6 Å². The Balaban J connectivity index is 1.45. The number of halogens is 1. The maximum atomic E-state index is 13.5. The molecule has 1 amide bonds. The van der Waals surface area contributed by atoms with Crippen LogP contribution in [0.15, 0.2) is 59.1 Å². The molecule has 2 saturated heterocycles. The highest BCUT2D eigenvalue weighted by Gasteiger charge is 2.35. The van der Waals surface area contributed by atoms with Crippen molar-refractivity contribution in [2.45, 2.75) is 31.1 Å². The van der Waals surface area contributed by atoms with Crippen LogP contribution in [-0.2, 0) is 10.2 Å². The molecule has 3 aromatic rings. The first-order chi connectivity index (χ1) is 15.6. The quantitative estimate of drug-likeness (QED) is 0.538. The van der Waals surface area contributed by atoms with Crippen LogP contribution < -0.4 is 10.2 Å². The predicted molar refractivity (Wildman–Crippen MR) is 131 cm³/mol. The Kier molecular flexibility index (Phi) is 6.15. The number of para-hydroxylation sites is 1. The highest BCUT2D eigenvalue weighted by molar-refractivity contribution is 9.10. The number of nitrogens with one attached hydrogen (secondary N) is 1. The lowest BCUT2D eigenvalue weighted by Gasteiger charge is -2.38. The van der Waals surface area contributed by atoms with Gasteiger partial charge in [0.25, 0.3) is 5.91 Å². The van der Waals surface area contributed by atoms with Crippen LogP contribution in [0.2, 0.25) is 0 Å². The van der Waals surface area contributed by atoms with E-state index in [4.69, 9.17) is 9.72 Å². The van der Waals surface area contributed by atoms with E-state index in [1.165, 1.54) is 5.56 Å². The lowest BCUT2D eigenvalue weighted by atomic mass is 9.74. The molecular weight excluding hydrogens is 466 g/mol. The fourth-order valence-corrected chi connectivity index (χ4v) is 5.33. The lowest BCUT2D eigenvalue weighted by molar-refractivity contribution is 0.0487. The number of benzene rings is 2. The van der Waals surface area contributed by atoms with Gasteiger partial charge in [0, 0.05) is 48.1 Å². The molecule has 32 heavy (non-hydrogen) atoms. The number of pyridine rings is 1. The summed E-state index contributed by atoms with van der Waals surface area (Å²) in [4.78, 5) is 20.7. The Hall–Kier alpha value is -2.44.